The molecule has 0 spiro atoms. The van der Waals surface area contributed by atoms with Gasteiger partial charge in [0.05, 0.1) is 10.0 Å². The lowest BCUT2D eigenvalue weighted by molar-refractivity contribution is 0.384. The second-order valence-electron chi connectivity index (χ2n) is 4.82. The largest absolute Gasteiger partial charge is 0.313 e. The molecule has 18 heavy (non-hydrogen) atoms. The van der Waals surface area contributed by atoms with E-state index in [9.17, 15) is 0 Å². The third-order valence-corrected chi connectivity index (χ3v) is 4.90. The van der Waals surface area contributed by atoms with Crippen LogP contribution >= 0.6 is 23.4 Å². The van der Waals surface area contributed by atoms with Gasteiger partial charge >= 0.3 is 0 Å². The molecule has 1 saturated carbocycles. The van der Waals surface area contributed by atoms with Crippen LogP contribution in [0.4, 0.5) is 0 Å². The Labute approximate surface area is 119 Å². The van der Waals surface area contributed by atoms with Gasteiger partial charge in [-0.1, -0.05) is 31.4 Å². The van der Waals surface area contributed by atoms with E-state index in [1.807, 2.05) is 23.9 Å². The van der Waals surface area contributed by atoms with Crippen LogP contribution in [0.2, 0.25) is 5.02 Å². The monoisotopic (exact) mass is 284 g/mol. The van der Waals surface area contributed by atoms with Gasteiger partial charge < -0.3 is 5.32 Å². The van der Waals surface area contributed by atoms with Gasteiger partial charge in [0.1, 0.15) is 0 Å². The number of aromatic nitrogens is 1. The molecule has 1 aromatic heterocycles. The van der Waals surface area contributed by atoms with Crippen molar-refractivity contribution in [2.24, 2.45) is 0 Å². The number of hydrogen-bond donors (Lipinski definition) is 1. The second-order valence-corrected chi connectivity index (χ2v) is 6.51. The molecule has 2 atom stereocenters. The first-order chi connectivity index (χ1) is 8.79. The van der Waals surface area contributed by atoms with E-state index in [4.69, 9.17) is 11.6 Å². The van der Waals surface area contributed by atoms with Gasteiger partial charge in [-0.05, 0) is 37.9 Å². The van der Waals surface area contributed by atoms with E-state index in [0.29, 0.717) is 16.3 Å². The highest BCUT2D eigenvalue weighted by Gasteiger charge is 2.25. The summed E-state index contributed by atoms with van der Waals surface area (Å²) in [5.41, 5.74) is 0. The Morgan fingerprint density at radius 1 is 1.39 bits per heavy atom. The van der Waals surface area contributed by atoms with Gasteiger partial charge in [0.2, 0.25) is 0 Å². The molecule has 0 radical (unpaired) electrons. The van der Waals surface area contributed by atoms with Gasteiger partial charge in [0.15, 0.2) is 0 Å². The summed E-state index contributed by atoms with van der Waals surface area (Å²) in [6.45, 7) is 3.34. The molecule has 0 aliphatic heterocycles. The third-order valence-electron chi connectivity index (χ3n) is 3.33. The molecule has 100 valence electrons. The Kier molecular flexibility index (Phi) is 5.80. The molecular weight excluding hydrogens is 264 g/mol. The van der Waals surface area contributed by atoms with Crippen LogP contribution in [0.15, 0.2) is 23.4 Å². The number of rotatable bonds is 5. The number of halogens is 1. The average molecular weight is 285 g/mol. The molecule has 2 nitrogen and oxygen atoms in total. The zero-order chi connectivity index (χ0) is 12.8. The highest BCUT2D eigenvalue weighted by Crippen LogP contribution is 2.33. The zero-order valence-electron chi connectivity index (χ0n) is 10.9. The smallest absolute Gasteiger partial charge is 0.0964 e. The highest BCUT2D eigenvalue weighted by atomic mass is 35.5. The van der Waals surface area contributed by atoms with Crippen LogP contribution in [0.3, 0.4) is 0 Å². The summed E-state index contributed by atoms with van der Waals surface area (Å²) in [5.74, 6) is 0. The van der Waals surface area contributed by atoms with Gasteiger partial charge in [0, 0.05) is 17.5 Å². The molecule has 0 amide bonds. The fraction of sp³-hybridized carbons (Fsp3) is 0.643. The van der Waals surface area contributed by atoms with Crippen molar-refractivity contribution < 1.29 is 0 Å². The highest BCUT2D eigenvalue weighted by molar-refractivity contribution is 7.99. The van der Waals surface area contributed by atoms with Crippen molar-refractivity contribution in [1.29, 1.82) is 0 Å². The van der Waals surface area contributed by atoms with Crippen molar-refractivity contribution in [2.75, 3.05) is 6.54 Å². The SMILES string of the molecule is CCCNC1CCCCC1Sc1ccc(Cl)cn1. The van der Waals surface area contributed by atoms with E-state index in [1.54, 1.807) is 6.20 Å². The van der Waals surface area contributed by atoms with E-state index >= 15 is 0 Å². The standard InChI is InChI=1S/C14H21ClN2S/c1-2-9-16-12-5-3-4-6-13(12)18-14-8-7-11(15)10-17-14/h7-8,10,12-13,16H,2-6,9H2,1H3. The summed E-state index contributed by atoms with van der Waals surface area (Å²) in [6, 6.07) is 4.59. The van der Waals surface area contributed by atoms with E-state index in [1.165, 1.54) is 32.1 Å². The van der Waals surface area contributed by atoms with Gasteiger partial charge in [-0.15, -0.1) is 11.8 Å². The molecule has 1 aliphatic rings. The first-order valence-corrected chi connectivity index (χ1v) is 8.07. The maximum absolute atomic E-state index is 5.87. The Balaban J connectivity index is 1.94. The maximum atomic E-state index is 5.87. The normalized spacial score (nSPS) is 24.1. The minimum Gasteiger partial charge on any atom is -0.313 e. The second kappa shape index (κ2) is 7.37. The first kappa shape index (κ1) is 14.2. The number of pyridine rings is 1. The van der Waals surface area contributed by atoms with Crippen molar-refractivity contribution in [3.05, 3.63) is 23.4 Å². The Morgan fingerprint density at radius 2 is 2.22 bits per heavy atom. The van der Waals surface area contributed by atoms with Gasteiger partial charge in [-0.25, -0.2) is 4.98 Å². The zero-order valence-corrected chi connectivity index (χ0v) is 12.4. The van der Waals surface area contributed by atoms with E-state index in [0.717, 1.165) is 11.6 Å². The number of thioether (sulfide) groups is 1. The van der Waals surface area contributed by atoms with Crippen molar-refractivity contribution in [2.45, 2.75) is 55.3 Å². The van der Waals surface area contributed by atoms with Crippen LogP contribution in [-0.4, -0.2) is 22.8 Å². The molecule has 1 aromatic rings. The van der Waals surface area contributed by atoms with E-state index < -0.39 is 0 Å². The molecule has 2 rings (SSSR count). The lowest BCUT2D eigenvalue weighted by atomic mass is 9.95. The molecule has 1 aliphatic carbocycles. The molecule has 0 saturated heterocycles. The van der Waals surface area contributed by atoms with Crippen LogP contribution in [0, 0.1) is 0 Å². The summed E-state index contributed by atoms with van der Waals surface area (Å²) in [7, 11) is 0. The van der Waals surface area contributed by atoms with Crippen molar-refractivity contribution in [3.8, 4) is 0 Å². The fourth-order valence-electron chi connectivity index (χ4n) is 2.39. The lowest BCUT2D eigenvalue weighted by Crippen LogP contribution is -2.40. The van der Waals surface area contributed by atoms with E-state index in [2.05, 4.69) is 17.2 Å². The summed E-state index contributed by atoms with van der Waals surface area (Å²) < 4.78 is 0. The number of hydrogen-bond acceptors (Lipinski definition) is 3. The molecule has 0 bridgehead atoms. The Hall–Kier alpha value is -0.250. The van der Waals surface area contributed by atoms with Crippen LogP contribution in [-0.2, 0) is 0 Å². The predicted molar refractivity (Wildman–Crippen MR) is 79.4 cm³/mol. The molecule has 1 N–H and O–H groups in total. The van der Waals surface area contributed by atoms with Crippen LogP contribution in [0.1, 0.15) is 39.0 Å². The molecule has 0 aromatic carbocycles. The quantitative estimate of drug-likeness (QED) is 0.880. The summed E-state index contributed by atoms with van der Waals surface area (Å²) >= 11 is 7.77. The number of nitrogens with zero attached hydrogens (tertiary/aromatic N) is 1. The summed E-state index contributed by atoms with van der Waals surface area (Å²) in [5, 5.41) is 6.13. The molecule has 2 unspecified atom stereocenters. The van der Waals surface area contributed by atoms with Crippen LogP contribution in [0.5, 0.6) is 0 Å². The Morgan fingerprint density at radius 3 is 2.94 bits per heavy atom. The average Bonchev–Trinajstić information content (AvgIpc) is 2.40. The fourth-order valence-corrected chi connectivity index (χ4v) is 3.75. The van der Waals surface area contributed by atoms with Gasteiger partial charge in [-0.3, -0.25) is 0 Å². The van der Waals surface area contributed by atoms with Crippen molar-refractivity contribution in [1.82, 2.24) is 10.3 Å². The van der Waals surface area contributed by atoms with Crippen LogP contribution in [0.25, 0.3) is 0 Å². The summed E-state index contributed by atoms with van der Waals surface area (Å²) in [4.78, 5) is 4.39. The predicted octanol–water partition coefficient (Wildman–Crippen LogP) is 4.14. The van der Waals surface area contributed by atoms with Crippen molar-refractivity contribution in [3.63, 3.8) is 0 Å². The maximum Gasteiger partial charge on any atom is 0.0964 e. The summed E-state index contributed by atoms with van der Waals surface area (Å²) in [6.07, 6.45) is 8.22. The number of nitrogens with one attached hydrogen (secondary N) is 1. The Bertz CT molecular complexity index is 355. The minimum atomic E-state index is 0.640. The lowest BCUT2D eigenvalue weighted by Gasteiger charge is -2.31. The molecular formula is C14H21ClN2S. The molecule has 1 fully saturated rings. The third kappa shape index (κ3) is 4.15. The van der Waals surface area contributed by atoms with Crippen LogP contribution < -0.4 is 5.32 Å². The molecule has 4 heteroatoms. The topological polar surface area (TPSA) is 24.9 Å². The van der Waals surface area contributed by atoms with E-state index in [-0.39, 0.29) is 0 Å². The van der Waals surface area contributed by atoms with Gasteiger partial charge in [-0.2, -0.15) is 0 Å². The van der Waals surface area contributed by atoms with Gasteiger partial charge in [0.25, 0.3) is 0 Å². The van der Waals surface area contributed by atoms with Crippen molar-refractivity contribution >= 4 is 23.4 Å². The molecule has 1 heterocycles. The first-order valence-electron chi connectivity index (χ1n) is 6.81. The minimum absolute atomic E-state index is 0.640.